The molecule has 1 aromatic carbocycles. The van der Waals surface area contributed by atoms with Crippen molar-refractivity contribution in [3.63, 3.8) is 0 Å². The first-order chi connectivity index (χ1) is 5.61. The van der Waals surface area contributed by atoms with Crippen molar-refractivity contribution in [2.75, 3.05) is 14.1 Å². The maximum absolute atomic E-state index is 3.98. The Morgan fingerprint density at radius 3 is 2.00 bits per heavy atom. The monoisotopic (exact) mass is 197 g/mol. The second kappa shape index (κ2) is 4.93. The number of halogens is 1. The largest absolute Gasteiger partial charge is 0.378 e. The van der Waals surface area contributed by atoms with E-state index in [9.17, 15) is 0 Å². The molecule has 0 saturated carbocycles. The SMILES string of the molecule is C=C(c1ccc(C)cc1)N(C)C.Cl. The van der Waals surface area contributed by atoms with Crippen molar-refractivity contribution in [1.82, 2.24) is 4.90 Å². The van der Waals surface area contributed by atoms with Gasteiger partial charge >= 0.3 is 0 Å². The van der Waals surface area contributed by atoms with Crippen LogP contribution in [-0.4, -0.2) is 19.0 Å². The highest BCUT2D eigenvalue weighted by Gasteiger charge is 1.98. The van der Waals surface area contributed by atoms with E-state index in [1.54, 1.807) is 0 Å². The standard InChI is InChI=1S/C11H15N.ClH/c1-9-5-7-11(8-6-9)10(2)12(3)4;/h5-8H,2H2,1,3-4H3;1H. The predicted molar refractivity (Wildman–Crippen MR) is 61.1 cm³/mol. The molecule has 0 aromatic heterocycles. The molecule has 0 N–H and O–H groups in total. The lowest BCUT2D eigenvalue weighted by Crippen LogP contribution is -2.08. The fourth-order valence-corrected chi connectivity index (χ4v) is 1.00. The molecule has 13 heavy (non-hydrogen) atoms. The average Bonchev–Trinajstić information content (AvgIpc) is 2.04. The minimum absolute atomic E-state index is 0. The highest BCUT2D eigenvalue weighted by molar-refractivity contribution is 5.85. The van der Waals surface area contributed by atoms with E-state index >= 15 is 0 Å². The minimum Gasteiger partial charge on any atom is -0.378 e. The molecule has 0 amide bonds. The first kappa shape index (κ1) is 12.0. The van der Waals surface area contributed by atoms with Crippen molar-refractivity contribution in [1.29, 1.82) is 0 Å². The number of hydrogen-bond acceptors (Lipinski definition) is 1. The van der Waals surface area contributed by atoms with Crippen LogP contribution in [0.15, 0.2) is 30.8 Å². The predicted octanol–water partition coefficient (Wildman–Crippen LogP) is 2.95. The van der Waals surface area contributed by atoms with E-state index in [-0.39, 0.29) is 12.4 Å². The van der Waals surface area contributed by atoms with Crippen LogP contribution in [0.3, 0.4) is 0 Å². The molecular weight excluding hydrogens is 182 g/mol. The highest BCUT2D eigenvalue weighted by Crippen LogP contribution is 2.14. The van der Waals surface area contributed by atoms with Crippen LogP contribution in [0.5, 0.6) is 0 Å². The summed E-state index contributed by atoms with van der Waals surface area (Å²) in [4.78, 5) is 2.02. The second-order valence-corrected chi connectivity index (χ2v) is 3.21. The average molecular weight is 198 g/mol. The summed E-state index contributed by atoms with van der Waals surface area (Å²) in [6.07, 6.45) is 0. The summed E-state index contributed by atoms with van der Waals surface area (Å²) in [6.45, 7) is 6.07. The molecule has 72 valence electrons. The third-order valence-electron chi connectivity index (χ3n) is 1.92. The Labute approximate surface area is 86.5 Å². The first-order valence-corrected chi connectivity index (χ1v) is 4.04. The normalized spacial score (nSPS) is 8.85. The van der Waals surface area contributed by atoms with E-state index in [1.807, 2.05) is 19.0 Å². The Balaban J connectivity index is 0.00000144. The van der Waals surface area contributed by atoms with Crippen molar-refractivity contribution in [2.45, 2.75) is 6.92 Å². The van der Waals surface area contributed by atoms with Crippen LogP contribution in [0, 0.1) is 6.92 Å². The summed E-state index contributed by atoms with van der Waals surface area (Å²) in [5.41, 5.74) is 3.52. The molecule has 0 radical (unpaired) electrons. The first-order valence-electron chi connectivity index (χ1n) is 4.04. The van der Waals surface area contributed by atoms with Gasteiger partial charge in [0.15, 0.2) is 0 Å². The Kier molecular flexibility index (Phi) is 4.57. The third-order valence-corrected chi connectivity index (χ3v) is 1.92. The van der Waals surface area contributed by atoms with Gasteiger partial charge in [-0.05, 0) is 12.5 Å². The van der Waals surface area contributed by atoms with E-state index in [0.29, 0.717) is 0 Å². The Morgan fingerprint density at radius 2 is 1.62 bits per heavy atom. The van der Waals surface area contributed by atoms with Crippen LogP contribution in [-0.2, 0) is 0 Å². The Hall–Kier alpha value is -0.950. The van der Waals surface area contributed by atoms with Gasteiger partial charge in [0.2, 0.25) is 0 Å². The van der Waals surface area contributed by atoms with Gasteiger partial charge in [-0.2, -0.15) is 0 Å². The van der Waals surface area contributed by atoms with E-state index < -0.39 is 0 Å². The molecule has 0 aliphatic rings. The molecule has 0 aliphatic heterocycles. The molecule has 0 unspecified atom stereocenters. The summed E-state index contributed by atoms with van der Waals surface area (Å²) >= 11 is 0. The molecule has 0 heterocycles. The number of rotatable bonds is 2. The van der Waals surface area contributed by atoms with E-state index in [1.165, 1.54) is 11.1 Å². The van der Waals surface area contributed by atoms with Crippen LogP contribution in [0.1, 0.15) is 11.1 Å². The lowest BCUT2D eigenvalue weighted by atomic mass is 10.1. The van der Waals surface area contributed by atoms with Gasteiger partial charge in [0.1, 0.15) is 0 Å². The minimum atomic E-state index is 0. The summed E-state index contributed by atoms with van der Waals surface area (Å²) < 4.78 is 0. The van der Waals surface area contributed by atoms with Gasteiger partial charge in [-0.25, -0.2) is 0 Å². The summed E-state index contributed by atoms with van der Waals surface area (Å²) in [5, 5.41) is 0. The van der Waals surface area contributed by atoms with Crippen LogP contribution in [0.25, 0.3) is 5.70 Å². The van der Waals surface area contributed by atoms with Crippen molar-refractivity contribution in [3.05, 3.63) is 42.0 Å². The maximum atomic E-state index is 3.98. The van der Waals surface area contributed by atoms with Gasteiger partial charge in [0.05, 0.1) is 0 Å². The number of aryl methyl sites for hydroxylation is 1. The summed E-state index contributed by atoms with van der Waals surface area (Å²) in [7, 11) is 4.00. The van der Waals surface area contributed by atoms with Crippen LogP contribution in [0.2, 0.25) is 0 Å². The van der Waals surface area contributed by atoms with Gasteiger partial charge in [0.25, 0.3) is 0 Å². The zero-order chi connectivity index (χ0) is 9.14. The zero-order valence-corrected chi connectivity index (χ0v) is 9.19. The lowest BCUT2D eigenvalue weighted by Gasteiger charge is -2.15. The molecule has 0 aliphatic carbocycles. The number of hydrogen-bond donors (Lipinski definition) is 0. The molecule has 0 saturated heterocycles. The number of nitrogens with zero attached hydrogens (tertiary/aromatic N) is 1. The summed E-state index contributed by atoms with van der Waals surface area (Å²) in [6, 6.07) is 8.39. The quantitative estimate of drug-likeness (QED) is 0.705. The van der Waals surface area contributed by atoms with Gasteiger partial charge < -0.3 is 4.90 Å². The Bertz CT molecular complexity index is 275. The lowest BCUT2D eigenvalue weighted by molar-refractivity contribution is 0.593. The third kappa shape index (κ3) is 3.11. The fourth-order valence-electron chi connectivity index (χ4n) is 1.00. The van der Waals surface area contributed by atoms with Crippen LogP contribution >= 0.6 is 12.4 Å². The number of benzene rings is 1. The van der Waals surface area contributed by atoms with Gasteiger partial charge in [-0.15, -0.1) is 12.4 Å². The van der Waals surface area contributed by atoms with E-state index in [2.05, 4.69) is 37.8 Å². The molecule has 1 aromatic rings. The van der Waals surface area contributed by atoms with Crippen molar-refractivity contribution in [2.24, 2.45) is 0 Å². The van der Waals surface area contributed by atoms with E-state index in [4.69, 9.17) is 0 Å². The van der Waals surface area contributed by atoms with Crippen molar-refractivity contribution >= 4 is 18.1 Å². The fraction of sp³-hybridized carbons (Fsp3) is 0.273. The smallest absolute Gasteiger partial charge is 0.0361 e. The summed E-state index contributed by atoms with van der Waals surface area (Å²) in [5.74, 6) is 0. The highest BCUT2D eigenvalue weighted by atomic mass is 35.5. The molecule has 0 bridgehead atoms. The molecule has 1 nitrogen and oxygen atoms in total. The van der Waals surface area contributed by atoms with E-state index in [0.717, 1.165) is 5.70 Å². The van der Waals surface area contributed by atoms with Gasteiger partial charge in [-0.1, -0.05) is 36.4 Å². The molecule has 2 heteroatoms. The van der Waals surface area contributed by atoms with Crippen molar-refractivity contribution in [3.8, 4) is 0 Å². The maximum Gasteiger partial charge on any atom is 0.0361 e. The Morgan fingerprint density at radius 1 is 1.15 bits per heavy atom. The molecule has 0 spiro atoms. The molecule has 1 rings (SSSR count). The van der Waals surface area contributed by atoms with Gasteiger partial charge in [-0.3, -0.25) is 0 Å². The molecule has 0 atom stereocenters. The topological polar surface area (TPSA) is 3.24 Å². The molecular formula is C11H16ClN. The second-order valence-electron chi connectivity index (χ2n) is 3.21. The van der Waals surface area contributed by atoms with Crippen molar-refractivity contribution < 1.29 is 0 Å². The van der Waals surface area contributed by atoms with Gasteiger partial charge in [0, 0.05) is 19.8 Å². The van der Waals surface area contributed by atoms with Crippen LogP contribution in [0.4, 0.5) is 0 Å². The van der Waals surface area contributed by atoms with Crippen LogP contribution < -0.4 is 0 Å². The molecule has 0 fully saturated rings. The zero-order valence-electron chi connectivity index (χ0n) is 8.37.